The van der Waals surface area contributed by atoms with Gasteiger partial charge in [-0.15, -0.1) is 0 Å². The normalized spacial score (nSPS) is 15.8. The molecule has 1 atom stereocenters. The number of benzene rings is 2. The Bertz CT molecular complexity index is 830. The number of ether oxygens (including phenoxy) is 1. The van der Waals surface area contributed by atoms with Crippen LogP contribution in [0.1, 0.15) is 35.7 Å². The molecule has 1 saturated heterocycles. The summed E-state index contributed by atoms with van der Waals surface area (Å²) in [5.74, 6) is 0.520. The minimum atomic E-state index is -0.570. The summed E-state index contributed by atoms with van der Waals surface area (Å²) in [5.41, 5.74) is 1.66. The van der Waals surface area contributed by atoms with Crippen LogP contribution >= 0.6 is 11.6 Å². The lowest BCUT2D eigenvalue weighted by molar-refractivity contribution is -0.139. The first-order valence-electron chi connectivity index (χ1n) is 9.51. The maximum atomic E-state index is 12.7. The number of hydrogen-bond acceptors (Lipinski definition) is 3. The van der Waals surface area contributed by atoms with Crippen molar-refractivity contribution in [2.75, 3.05) is 13.1 Å². The van der Waals surface area contributed by atoms with E-state index < -0.39 is 6.10 Å². The standard InChI is InChI=1S/C22H25ClN2O3/c1-15-5-3-4-6-20(15)21(26)24-18-11-13-25(14-12-18)22(27)16(2)28-19-9-7-17(23)8-10-19/h3-10,16,18H,11-14H2,1-2H3,(H,24,26). The van der Waals surface area contributed by atoms with E-state index in [0.29, 0.717) is 29.4 Å². The fraction of sp³-hybridized carbons (Fsp3) is 0.364. The number of carbonyl (C=O) groups excluding carboxylic acids is 2. The summed E-state index contributed by atoms with van der Waals surface area (Å²) in [6.45, 7) is 4.89. The Morgan fingerprint density at radius 2 is 1.75 bits per heavy atom. The SMILES string of the molecule is Cc1ccccc1C(=O)NC1CCN(C(=O)C(C)Oc2ccc(Cl)cc2)CC1. The third-order valence-electron chi connectivity index (χ3n) is 5.01. The summed E-state index contributed by atoms with van der Waals surface area (Å²) in [4.78, 5) is 26.9. The number of likely N-dealkylation sites (tertiary alicyclic amines) is 1. The molecule has 0 bridgehead atoms. The zero-order valence-corrected chi connectivity index (χ0v) is 16.9. The zero-order chi connectivity index (χ0) is 20.1. The van der Waals surface area contributed by atoms with E-state index in [1.165, 1.54) is 0 Å². The third-order valence-corrected chi connectivity index (χ3v) is 5.26. The van der Waals surface area contributed by atoms with Crippen molar-refractivity contribution >= 4 is 23.4 Å². The molecule has 0 aromatic heterocycles. The first kappa shape index (κ1) is 20.2. The molecule has 28 heavy (non-hydrogen) atoms. The Morgan fingerprint density at radius 3 is 2.39 bits per heavy atom. The molecule has 148 valence electrons. The highest BCUT2D eigenvalue weighted by Crippen LogP contribution is 2.19. The number of aryl methyl sites for hydroxylation is 1. The molecule has 0 spiro atoms. The van der Waals surface area contributed by atoms with Crippen molar-refractivity contribution in [3.8, 4) is 5.75 Å². The smallest absolute Gasteiger partial charge is 0.263 e. The van der Waals surface area contributed by atoms with Gasteiger partial charge in [-0.25, -0.2) is 0 Å². The molecule has 2 aromatic rings. The van der Waals surface area contributed by atoms with Crippen LogP contribution in [0.25, 0.3) is 0 Å². The van der Waals surface area contributed by atoms with Crippen LogP contribution in [0.2, 0.25) is 5.02 Å². The zero-order valence-electron chi connectivity index (χ0n) is 16.2. The predicted octanol–water partition coefficient (Wildman–Crippen LogP) is 3.84. The van der Waals surface area contributed by atoms with E-state index in [0.717, 1.165) is 18.4 Å². The lowest BCUT2D eigenvalue weighted by Crippen LogP contribution is -2.49. The van der Waals surface area contributed by atoms with Gasteiger partial charge in [-0.05, 0) is 62.6 Å². The van der Waals surface area contributed by atoms with Crippen LogP contribution in [0.15, 0.2) is 48.5 Å². The second-order valence-corrected chi connectivity index (χ2v) is 7.54. The fourth-order valence-electron chi connectivity index (χ4n) is 3.36. The van der Waals surface area contributed by atoms with Crippen molar-refractivity contribution < 1.29 is 14.3 Å². The topological polar surface area (TPSA) is 58.6 Å². The quantitative estimate of drug-likeness (QED) is 0.829. The van der Waals surface area contributed by atoms with Gasteiger partial charge in [-0.2, -0.15) is 0 Å². The molecule has 0 aliphatic carbocycles. The predicted molar refractivity (Wildman–Crippen MR) is 110 cm³/mol. The van der Waals surface area contributed by atoms with Crippen molar-refractivity contribution in [1.82, 2.24) is 10.2 Å². The minimum Gasteiger partial charge on any atom is -0.481 e. The van der Waals surface area contributed by atoms with Gasteiger partial charge < -0.3 is 15.0 Å². The highest BCUT2D eigenvalue weighted by atomic mass is 35.5. The number of halogens is 1. The molecule has 1 aliphatic heterocycles. The van der Waals surface area contributed by atoms with Gasteiger partial charge in [0.05, 0.1) is 0 Å². The van der Waals surface area contributed by atoms with Gasteiger partial charge in [0.15, 0.2) is 6.10 Å². The highest BCUT2D eigenvalue weighted by Gasteiger charge is 2.28. The summed E-state index contributed by atoms with van der Waals surface area (Å²) < 4.78 is 5.73. The Labute approximate surface area is 170 Å². The number of nitrogens with one attached hydrogen (secondary N) is 1. The summed E-state index contributed by atoms with van der Waals surface area (Å²) in [5, 5.41) is 3.72. The van der Waals surface area contributed by atoms with Gasteiger partial charge in [0.25, 0.3) is 11.8 Å². The van der Waals surface area contributed by atoms with E-state index in [4.69, 9.17) is 16.3 Å². The highest BCUT2D eigenvalue weighted by molar-refractivity contribution is 6.30. The van der Waals surface area contributed by atoms with Crippen LogP contribution in [-0.4, -0.2) is 41.9 Å². The molecule has 3 rings (SSSR count). The van der Waals surface area contributed by atoms with Gasteiger partial charge >= 0.3 is 0 Å². The van der Waals surface area contributed by atoms with Crippen LogP contribution in [-0.2, 0) is 4.79 Å². The van der Waals surface area contributed by atoms with Crippen LogP contribution in [0, 0.1) is 6.92 Å². The molecule has 0 radical (unpaired) electrons. The molecule has 1 unspecified atom stereocenters. The molecular formula is C22H25ClN2O3. The van der Waals surface area contributed by atoms with Crippen LogP contribution in [0.3, 0.4) is 0 Å². The Morgan fingerprint density at radius 1 is 1.11 bits per heavy atom. The average Bonchev–Trinajstić information content (AvgIpc) is 2.70. The first-order valence-corrected chi connectivity index (χ1v) is 9.89. The molecule has 6 heteroatoms. The number of hydrogen-bond donors (Lipinski definition) is 1. The summed E-state index contributed by atoms with van der Waals surface area (Å²) >= 11 is 5.87. The molecule has 2 aromatic carbocycles. The van der Waals surface area contributed by atoms with Crippen molar-refractivity contribution in [1.29, 1.82) is 0 Å². The van der Waals surface area contributed by atoms with Crippen LogP contribution in [0.4, 0.5) is 0 Å². The van der Waals surface area contributed by atoms with E-state index >= 15 is 0 Å². The monoisotopic (exact) mass is 400 g/mol. The van der Waals surface area contributed by atoms with Crippen molar-refractivity contribution in [2.24, 2.45) is 0 Å². The summed E-state index contributed by atoms with van der Waals surface area (Å²) in [7, 11) is 0. The molecule has 2 amide bonds. The maximum absolute atomic E-state index is 12.7. The Hall–Kier alpha value is -2.53. The van der Waals surface area contributed by atoms with E-state index in [2.05, 4.69) is 5.32 Å². The molecule has 5 nitrogen and oxygen atoms in total. The molecule has 1 N–H and O–H groups in total. The van der Waals surface area contributed by atoms with E-state index in [-0.39, 0.29) is 17.9 Å². The van der Waals surface area contributed by atoms with Gasteiger partial charge in [0.1, 0.15) is 5.75 Å². The van der Waals surface area contributed by atoms with Crippen molar-refractivity contribution in [2.45, 2.75) is 38.8 Å². The van der Waals surface area contributed by atoms with Crippen molar-refractivity contribution in [3.63, 3.8) is 0 Å². The lowest BCUT2D eigenvalue weighted by atomic mass is 10.0. The van der Waals surface area contributed by atoms with Gasteiger partial charge in [0, 0.05) is 29.7 Å². The molecule has 0 saturated carbocycles. The van der Waals surface area contributed by atoms with Gasteiger partial charge in [-0.1, -0.05) is 29.8 Å². The van der Waals surface area contributed by atoms with Gasteiger partial charge in [0.2, 0.25) is 0 Å². The molecule has 1 fully saturated rings. The summed E-state index contributed by atoms with van der Waals surface area (Å²) in [6.07, 6.45) is 0.896. The number of nitrogens with zero attached hydrogens (tertiary/aromatic N) is 1. The number of carbonyl (C=O) groups is 2. The first-order chi connectivity index (χ1) is 13.4. The molecular weight excluding hydrogens is 376 g/mol. The number of rotatable bonds is 5. The molecule has 1 heterocycles. The number of amides is 2. The largest absolute Gasteiger partial charge is 0.481 e. The van der Waals surface area contributed by atoms with Crippen LogP contribution < -0.4 is 10.1 Å². The summed E-state index contributed by atoms with van der Waals surface area (Å²) in [6, 6.07) is 14.6. The minimum absolute atomic E-state index is 0.0429. The van der Waals surface area contributed by atoms with E-state index in [9.17, 15) is 9.59 Å². The number of piperidine rings is 1. The Kier molecular flexibility index (Phi) is 6.57. The average molecular weight is 401 g/mol. The lowest BCUT2D eigenvalue weighted by Gasteiger charge is -2.34. The van der Waals surface area contributed by atoms with E-state index in [1.807, 2.05) is 31.2 Å². The third kappa shape index (κ3) is 5.04. The van der Waals surface area contributed by atoms with Gasteiger partial charge in [-0.3, -0.25) is 9.59 Å². The van der Waals surface area contributed by atoms with Crippen LogP contribution in [0.5, 0.6) is 5.75 Å². The van der Waals surface area contributed by atoms with E-state index in [1.54, 1.807) is 36.1 Å². The molecule has 1 aliphatic rings. The maximum Gasteiger partial charge on any atom is 0.263 e. The second kappa shape index (κ2) is 9.11. The van der Waals surface area contributed by atoms with Crippen molar-refractivity contribution in [3.05, 3.63) is 64.7 Å². The Balaban J connectivity index is 1.49. The fourth-order valence-corrected chi connectivity index (χ4v) is 3.49. The second-order valence-electron chi connectivity index (χ2n) is 7.10.